The highest BCUT2D eigenvalue weighted by Gasteiger charge is 2.21. The Morgan fingerprint density at radius 2 is 2.20 bits per heavy atom. The summed E-state index contributed by atoms with van der Waals surface area (Å²) < 4.78 is 0. The first-order valence-electron chi connectivity index (χ1n) is 6.86. The Kier molecular flexibility index (Phi) is 3.85. The zero-order chi connectivity index (χ0) is 13.9. The fraction of sp³-hybridized carbons (Fsp3) is 0.333. The Balaban J connectivity index is 2.05. The summed E-state index contributed by atoms with van der Waals surface area (Å²) in [4.78, 5) is 8.60. The Morgan fingerprint density at radius 3 is 2.95 bits per heavy atom. The van der Waals surface area contributed by atoms with Crippen LogP contribution in [-0.2, 0) is 0 Å². The second kappa shape index (κ2) is 5.77. The summed E-state index contributed by atoms with van der Waals surface area (Å²) in [6.07, 6.45) is 5.28. The number of rotatable bonds is 2. The lowest BCUT2D eigenvalue weighted by Gasteiger charge is -2.25. The van der Waals surface area contributed by atoms with Crippen LogP contribution in [0.3, 0.4) is 0 Å². The molecule has 1 unspecified atom stereocenters. The van der Waals surface area contributed by atoms with Crippen molar-refractivity contribution in [2.45, 2.75) is 25.3 Å². The van der Waals surface area contributed by atoms with Crippen molar-refractivity contribution in [3.05, 3.63) is 41.2 Å². The Bertz CT molecular complexity index is 609. The molecular formula is C15H17ClN4. The summed E-state index contributed by atoms with van der Waals surface area (Å²) in [7, 11) is 0. The van der Waals surface area contributed by atoms with Crippen LogP contribution in [0.4, 0.5) is 5.95 Å². The average molecular weight is 289 g/mol. The van der Waals surface area contributed by atoms with Crippen molar-refractivity contribution in [2.24, 2.45) is 0 Å². The molecule has 1 saturated heterocycles. The Hall–Kier alpha value is -1.65. The van der Waals surface area contributed by atoms with Crippen LogP contribution in [-0.4, -0.2) is 16.5 Å². The quantitative estimate of drug-likeness (QED) is 0.891. The molecule has 1 aliphatic rings. The number of hydrogen-bond acceptors (Lipinski definition) is 4. The number of halogens is 1. The maximum absolute atomic E-state index is 6.08. The maximum atomic E-state index is 6.08. The van der Waals surface area contributed by atoms with Crippen LogP contribution in [0.2, 0.25) is 5.02 Å². The predicted octanol–water partition coefficient (Wildman–Crippen LogP) is 3.19. The minimum absolute atomic E-state index is 0.239. The topological polar surface area (TPSA) is 63.8 Å². The van der Waals surface area contributed by atoms with Crippen LogP contribution in [0, 0.1) is 0 Å². The minimum Gasteiger partial charge on any atom is -0.368 e. The van der Waals surface area contributed by atoms with Crippen LogP contribution in [0.15, 0.2) is 30.5 Å². The zero-order valence-electron chi connectivity index (χ0n) is 11.1. The van der Waals surface area contributed by atoms with E-state index in [1.54, 1.807) is 6.20 Å². The smallest absolute Gasteiger partial charge is 0.220 e. The second-order valence-corrected chi connectivity index (χ2v) is 5.48. The molecule has 4 nitrogen and oxygen atoms in total. The molecule has 0 amide bonds. The van der Waals surface area contributed by atoms with E-state index in [-0.39, 0.29) is 6.04 Å². The van der Waals surface area contributed by atoms with Crippen LogP contribution in [0.25, 0.3) is 11.1 Å². The van der Waals surface area contributed by atoms with Crippen LogP contribution < -0.4 is 11.1 Å². The van der Waals surface area contributed by atoms with E-state index in [1.807, 2.05) is 24.3 Å². The molecule has 104 valence electrons. The highest BCUT2D eigenvalue weighted by molar-refractivity contribution is 6.30. The summed E-state index contributed by atoms with van der Waals surface area (Å²) in [5.41, 5.74) is 8.77. The molecule has 2 aromatic rings. The lowest BCUT2D eigenvalue weighted by atomic mass is 9.96. The van der Waals surface area contributed by atoms with Crippen molar-refractivity contribution in [3.63, 3.8) is 0 Å². The number of nitrogens with zero attached hydrogens (tertiary/aromatic N) is 2. The molecule has 0 spiro atoms. The second-order valence-electron chi connectivity index (χ2n) is 5.04. The van der Waals surface area contributed by atoms with Crippen molar-refractivity contribution in [2.75, 3.05) is 12.3 Å². The van der Waals surface area contributed by atoms with Gasteiger partial charge in [-0.1, -0.05) is 30.2 Å². The SMILES string of the molecule is Nc1ncc(-c2cccc(Cl)c2)c(C2CCCCN2)n1. The molecule has 0 bridgehead atoms. The molecule has 0 aliphatic carbocycles. The third kappa shape index (κ3) is 2.76. The van der Waals surface area contributed by atoms with Gasteiger partial charge in [-0.15, -0.1) is 0 Å². The Morgan fingerprint density at radius 1 is 1.30 bits per heavy atom. The van der Waals surface area contributed by atoms with Gasteiger partial charge >= 0.3 is 0 Å². The summed E-state index contributed by atoms with van der Waals surface area (Å²) >= 11 is 6.08. The van der Waals surface area contributed by atoms with Gasteiger partial charge in [-0.25, -0.2) is 9.97 Å². The van der Waals surface area contributed by atoms with Crippen LogP contribution >= 0.6 is 11.6 Å². The summed E-state index contributed by atoms with van der Waals surface area (Å²) in [5, 5.41) is 4.22. The summed E-state index contributed by atoms with van der Waals surface area (Å²) in [5.74, 6) is 0.318. The molecule has 1 fully saturated rings. The molecule has 1 aromatic heterocycles. The van der Waals surface area contributed by atoms with E-state index in [0.29, 0.717) is 11.0 Å². The molecule has 0 radical (unpaired) electrons. The molecule has 1 aromatic carbocycles. The van der Waals surface area contributed by atoms with E-state index in [0.717, 1.165) is 29.8 Å². The van der Waals surface area contributed by atoms with E-state index >= 15 is 0 Å². The molecular weight excluding hydrogens is 272 g/mol. The molecule has 3 rings (SSSR count). The fourth-order valence-corrected chi connectivity index (χ4v) is 2.83. The molecule has 1 aliphatic heterocycles. The Labute approximate surface area is 123 Å². The lowest BCUT2D eigenvalue weighted by Crippen LogP contribution is -2.28. The van der Waals surface area contributed by atoms with Gasteiger partial charge in [-0.3, -0.25) is 0 Å². The molecule has 20 heavy (non-hydrogen) atoms. The number of piperidine rings is 1. The normalized spacial score (nSPS) is 18.9. The molecule has 0 saturated carbocycles. The number of nitrogens with one attached hydrogen (secondary N) is 1. The lowest BCUT2D eigenvalue weighted by molar-refractivity contribution is 0.406. The van der Waals surface area contributed by atoms with E-state index < -0.39 is 0 Å². The van der Waals surface area contributed by atoms with E-state index in [4.69, 9.17) is 17.3 Å². The van der Waals surface area contributed by atoms with Crippen LogP contribution in [0.5, 0.6) is 0 Å². The first-order valence-corrected chi connectivity index (χ1v) is 7.23. The third-order valence-corrected chi connectivity index (χ3v) is 3.85. The van der Waals surface area contributed by atoms with Gasteiger partial charge in [-0.2, -0.15) is 0 Å². The van der Waals surface area contributed by atoms with Crippen LogP contribution in [0.1, 0.15) is 31.0 Å². The molecule has 3 N–H and O–H groups in total. The number of aromatic nitrogens is 2. The molecule has 2 heterocycles. The summed E-state index contributed by atoms with van der Waals surface area (Å²) in [6, 6.07) is 7.99. The number of benzene rings is 1. The number of nitrogens with two attached hydrogens (primary N) is 1. The highest BCUT2D eigenvalue weighted by Crippen LogP contribution is 2.31. The van der Waals surface area contributed by atoms with Gasteiger partial charge in [0.2, 0.25) is 5.95 Å². The number of nitrogen functional groups attached to an aromatic ring is 1. The van der Waals surface area contributed by atoms with Crippen molar-refractivity contribution in [1.82, 2.24) is 15.3 Å². The highest BCUT2D eigenvalue weighted by atomic mass is 35.5. The van der Waals surface area contributed by atoms with Crippen molar-refractivity contribution in [1.29, 1.82) is 0 Å². The van der Waals surface area contributed by atoms with E-state index in [9.17, 15) is 0 Å². The zero-order valence-corrected chi connectivity index (χ0v) is 11.9. The van der Waals surface area contributed by atoms with Crippen molar-refractivity contribution < 1.29 is 0 Å². The number of hydrogen-bond donors (Lipinski definition) is 2. The summed E-state index contributed by atoms with van der Waals surface area (Å²) in [6.45, 7) is 1.02. The molecule has 5 heteroatoms. The first-order chi connectivity index (χ1) is 9.74. The largest absolute Gasteiger partial charge is 0.368 e. The van der Waals surface area contributed by atoms with Gasteiger partial charge < -0.3 is 11.1 Å². The van der Waals surface area contributed by atoms with Crippen molar-refractivity contribution in [3.8, 4) is 11.1 Å². The van der Waals surface area contributed by atoms with Gasteiger partial charge in [0, 0.05) is 16.8 Å². The van der Waals surface area contributed by atoms with Gasteiger partial charge in [-0.05, 0) is 37.1 Å². The number of anilines is 1. The van der Waals surface area contributed by atoms with E-state index in [2.05, 4.69) is 15.3 Å². The van der Waals surface area contributed by atoms with Gasteiger partial charge in [0.15, 0.2) is 0 Å². The van der Waals surface area contributed by atoms with Crippen molar-refractivity contribution >= 4 is 17.5 Å². The monoisotopic (exact) mass is 288 g/mol. The third-order valence-electron chi connectivity index (χ3n) is 3.61. The fourth-order valence-electron chi connectivity index (χ4n) is 2.64. The van der Waals surface area contributed by atoms with E-state index in [1.165, 1.54) is 12.8 Å². The maximum Gasteiger partial charge on any atom is 0.220 e. The predicted molar refractivity (Wildman–Crippen MR) is 81.5 cm³/mol. The molecule has 1 atom stereocenters. The van der Waals surface area contributed by atoms with Gasteiger partial charge in [0.05, 0.1) is 11.7 Å². The minimum atomic E-state index is 0.239. The first kappa shape index (κ1) is 13.3. The average Bonchev–Trinajstić information content (AvgIpc) is 2.48. The standard InChI is InChI=1S/C15H17ClN4/c16-11-5-3-4-10(8-11)12-9-19-15(17)20-14(12)13-6-1-2-7-18-13/h3-5,8-9,13,18H,1-2,6-7H2,(H2,17,19,20). The van der Waals surface area contributed by atoms with Gasteiger partial charge in [0.1, 0.15) is 0 Å². The van der Waals surface area contributed by atoms with Gasteiger partial charge in [0.25, 0.3) is 0 Å².